The molecule has 2 aliphatic rings. The van der Waals surface area contributed by atoms with Gasteiger partial charge in [0.2, 0.25) is 5.91 Å². The molecular weight excluding hydrogens is 260 g/mol. The SMILES string of the molecule is CC(C)C1CCN(C(=O)C2(c3ccc(N)cc3)CC2)CC1. The zero-order valence-corrected chi connectivity index (χ0v) is 13.1. The number of rotatable bonds is 3. The van der Waals surface area contributed by atoms with Gasteiger partial charge in [-0.15, -0.1) is 0 Å². The fourth-order valence-corrected chi connectivity index (χ4v) is 3.63. The van der Waals surface area contributed by atoms with Crippen LogP contribution in [0.3, 0.4) is 0 Å². The van der Waals surface area contributed by atoms with Crippen molar-refractivity contribution in [2.24, 2.45) is 11.8 Å². The van der Waals surface area contributed by atoms with Crippen LogP contribution in [0.2, 0.25) is 0 Å². The van der Waals surface area contributed by atoms with Gasteiger partial charge in [-0.1, -0.05) is 26.0 Å². The van der Waals surface area contributed by atoms with Gasteiger partial charge in [0.15, 0.2) is 0 Å². The maximum Gasteiger partial charge on any atom is 0.233 e. The first kappa shape index (κ1) is 14.4. The summed E-state index contributed by atoms with van der Waals surface area (Å²) in [6.45, 7) is 6.44. The first-order valence-electron chi connectivity index (χ1n) is 8.18. The molecule has 0 unspecified atom stereocenters. The van der Waals surface area contributed by atoms with Crippen molar-refractivity contribution >= 4 is 11.6 Å². The van der Waals surface area contributed by atoms with E-state index in [-0.39, 0.29) is 5.41 Å². The summed E-state index contributed by atoms with van der Waals surface area (Å²) >= 11 is 0. The van der Waals surface area contributed by atoms with Crippen LogP contribution in [-0.2, 0) is 10.2 Å². The minimum Gasteiger partial charge on any atom is -0.399 e. The second kappa shape index (κ2) is 5.36. The summed E-state index contributed by atoms with van der Waals surface area (Å²) in [5.74, 6) is 1.85. The van der Waals surface area contributed by atoms with E-state index in [2.05, 4.69) is 18.7 Å². The molecule has 0 bridgehead atoms. The third kappa shape index (κ3) is 2.66. The second-order valence-electron chi connectivity index (χ2n) is 7.08. The van der Waals surface area contributed by atoms with Gasteiger partial charge in [-0.05, 0) is 55.2 Å². The molecule has 1 aliphatic heterocycles. The van der Waals surface area contributed by atoms with Gasteiger partial charge in [-0.2, -0.15) is 0 Å². The first-order valence-corrected chi connectivity index (χ1v) is 8.18. The van der Waals surface area contributed by atoms with Gasteiger partial charge in [0.1, 0.15) is 0 Å². The molecule has 0 atom stereocenters. The van der Waals surface area contributed by atoms with Crippen molar-refractivity contribution in [1.29, 1.82) is 0 Å². The molecule has 0 radical (unpaired) electrons. The van der Waals surface area contributed by atoms with Gasteiger partial charge in [-0.25, -0.2) is 0 Å². The Bertz CT molecular complexity index is 509. The second-order valence-corrected chi connectivity index (χ2v) is 7.08. The molecule has 114 valence electrons. The molecule has 1 amide bonds. The topological polar surface area (TPSA) is 46.3 Å². The lowest BCUT2D eigenvalue weighted by Gasteiger charge is -2.36. The fraction of sp³-hybridized carbons (Fsp3) is 0.611. The van der Waals surface area contributed by atoms with Crippen molar-refractivity contribution in [2.75, 3.05) is 18.8 Å². The van der Waals surface area contributed by atoms with Crippen LogP contribution in [0.1, 0.15) is 45.1 Å². The van der Waals surface area contributed by atoms with Crippen LogP contribution in [0.4, 0.5) is 5.69 Å². The largest absolute Gasteiger partial charge is 0.399 e. The van der Waals surface area contributed by atoms with Crippen LogP contribution < -0.4 is 5.73 Å². The molecule has 21 heavy (non-hydrogen) atoms. The van der Waals surface area contributed by atoms with Crippen molar-refractivity contribution in [3.8, 4) is 0 Å². The molecular formula is C18H26N2O. The number of hydrogen-bond donors (Lipinski definition) is 1. The predicted octanol–water partition coefficient (Wildman–Crippen LogP) is 3.20. The van der Waals surface area contributed by atoms with E-state index >= 15 is 0 Å². The predicted molar refractivity (Wildman–Crippen MR) is 85.9 cm³/mol. The smallest absolute Gasteiger partial charge is 0.233 e. The van der Waals surface area contributed by atoms with E-state index in [0.29, 0.717) is 5.91 Å². The standard InChI is InChI=1S/C18H26N2O/c1-13(2)14-7-11-20(12-8-14)17(21)18(9-10-18)15-3-5-16(19)6-4-15/h3-6,13-14H,7-12,19H2,1-2H3. The number of hydrogen-bond acceptors (Lipinski definition) is 2. The molecule has 2 fully saturated rings. The molecule has 2 N–H and O–H groups in total. The van der Waals surface area contributed by atoms with Crippen molar-refractivity contribution in [3.05, 3.63) is 29.8 Å². The lowest BCUT2D eigenvalue weighted by atomic mass is 9.85. The molecule has 1 saturated heterocycles. The number of carbonyl (C=O) groups is 1. The number of benzene rings is 1. The monoisotopic (exact) mass is 286 g/mol. The van der Waals surface area contributed by atoms with Crippen molar-refractivity contribution in [1.82, 2.24) is 4.90 Å². The number of nitrogens with zero attached hydrogens (tertiary/aromatic N) is 1. The third-order valence-electron chi connectivity index (χ3n) is 5.39. The van der Waals surface area contributed by atoms with Gasteiger partial charge >= 0.3 is 0 Å². The van der Waals surface area contributed by atoms with Crippen molar-refractivity contribution in [2.45, 2.75) is 44.9 Å². The summed E-state index contributed by atoms with van der Waals surface area (Å²) in [6, 6.07) is 7.88. The Morgan fingerprint density at radius 2 is 1.76 bits per heavy atom. The minimum absolute atomic E-state index is 0.238. The van der Waals surface area contributed by atoms with Crippen LogP contribution in [0.25, 0.3) is 0 Å². The molecule has 0 spiro atoms. The molecule has 3 heteroatoms. The summed E-state index contributed by atoms with van der Waals surface area (Å²) in [5.41, 5.74) is 7.43. The average Bonchev–Trinajstić information content (AvgIpc) is 3.29. The van der Waals surface area contributed by atoms with Gasteiger partial charge in [-0.3, -0.25) is 4.79 Å². The summed E-state index contributed by atoms with van der Waals surface area (Å²) in [6.07, 6.45) is 4.28. The van der Waals surface area contributed by atoms with Crippen LogP contribution in [0.15, 0.2) is 24.3 Å². The van der Waals surface area contributed by atoms with Crippen molar-refractivity contribution in [3.63, 3.8) is 0 Å². The number of amides is 1. The molecule has 3 rings (SSSR count). The van der Waals surface area contributed by atoms with E-state index in [1.165, 1.54) is 0 Å². The molecule has 1 heterocycles. The lowest BCUT2D eigenvalue weighted by molar-refractivity contribution is -0.135. The van der Waals surface area contributed by atoms with Gasteiger partial charge < -0.3 is 10.6 Å². The Hall–Kier alpha value is -1.51. The van der Waals surface area contributed by atoms with E-state index in [1.54, 1.807) is 0 Å². The maximum atomic E-state index is 12.9. The van der Waals surface area contributed by atoms with Crippen LogP contribution in [-0.4, -0.2) is 23.9 Å². The third-order valence-corrected chi connectivity index (χ3v) is 5.39. The number of likely N-dealkylation sites (tertiary alicyclic amines) is 1. The summed E-state index contributed by atoms with van der Waals surface area (Å²) in [5, 5.41) is 0. The Balaban J connectivity index is 1.70. The average molecular weight is 286 g/mol. The summed E-state index contributed by atoms with van der Waals surface area (Å²) in [7, 11) is 0. The molecule has 1 aliphatic carbocycles. The Labute approximate surface area is 127 Å². The highest BCUT2D eigenvalue weighted by Crippen LogP contribution is 2.50. The number of nitrogens with two attached hydrogens (primary N) is 1. The molecule has 0 aromatic heterocycles. The minimum atomic E-state index is -0.238. The molecule has 1 aromatic rings. The zero-order valence-electron chi connectivity index (χ0n) is 13.1. The highest BCUT2D eigenvalue weighted by molar-refractivity contribution is 5.91. The van der Waals surface area contributed by atoms with Crippen LogP contribution in [0.5, 0.6) is 0 Å². The van der Waals surface area contributed by atoms with E-state index in [0.717, 1.165) is 61.9 Å². The maximum absolute atomic E-state index is 12.9. The van der Waals surface area contributed by atoms with E-state index in [4.69, 9.17) is 5.73 Å². The van der Waals surface area contributed by atoms with Gasteiger partial charge in [0.05, 0.1) is 5.41 Å². The quantitative estimate of drug-likeness (QED) is 0.867. The van der Waals surface area contributed by atoms with E-state index in [1.807, 2.05) is 24.3 Å². The summed E-state index contributed by atoms with van der Waals surface area (Å²) in [4.78, 5) is 15.0. The first-order chi connectivity index (χ1) is 10.0. The van der Waals surface area contributed by atoms with Crippen LogP contribution in [0, 0.1) is 11.8 Å². The molecule has 1 aromatic carbocycles. The summed E-state index contributed by atoms with van der Waals surface area (Å²) < 4.78 is 0. The lowest BCUT2D eigenvalue weighted by Crippen LogP contribution is -2.44. The van der Waals surface area contributed by atoms with Crippen LogP contribution >= 0.6 is 0 Å². The van der Waals surface area contributed by atoms with Gasteiger partial charge in [0, 0.05) is 18.8 Å². The zero-order chi connectivity index (χ0) is 15.0. The highest BCUT2D eigenvalue weighted by Gasteiger charge is 2.53. The van der Waals surface area contributed by atoms with Crippen molar-refractivity contribution < 1.29 is 4.79 Å². The van der Waals surface area contributed by atoms with E-state index < -0.39 is 0 Å². The molecule has 1 saturated carbocycles. The fourth-order valence-electron chi connectivity index (χ4n) is 3.63. The normalized spacial score (nSPS) is 21.6. The Morgan fingerprint density at radius 1 is 1.19 bits per heavy atom. The number of piperidine rings is 1. The number of carbonyl (C=O) groups excluding carboxylic acids is 1. The van der Waals surface area contributed by atoms with Gasteiger partial charge in [0.25, 0.3) is 0 Å². The van der Waals surface area contributed by atoms with E-state index in [9.17, 15) is 4.79 Å². The number of anilines is 1. The highest BCUT2D eigenvalue weighted by atomic mass is 16.2. The number of nitrogen functional groups attached to an aromatic ring is 1. The molecule has 3 nitrogen and oxygen atoms in total. The Kier molecular flexibility index (Phi) is 3.68. The Morgan fingerprint density at radius 3 is 2.24 bits per heavy atom.